The Morgan fingerprint density at radius 2 is 1.43 bits per heavy atom. The molecule has 30 heavy (non-hydrogen) atoms. The number of benzene rings is 3. The van der Waals surface area contributed by atoms with Gasteiger partial charge in [-0.1, -0.05) is 30.3 Å². The molecule has 0 heterocycles. The number of rotatable bonds is 9. The largest absolute Gasteiger partial charge is 0.493 e. The third-order valence-corrected chi connectivity index (χ3v) is 4.38. The van der Waals surface area contributed by atoms with Crippen LogP contribution in [0.1, 0.15) is 26.3 Å². The monoisotopic (exact) mass is 406 g/mol. The molecule has 0 aromatic heterocycles. The van der Waals surface area contributed by atoms with E-state index in [2.05, 4.69) is 0 Å². The lowest BCUT2D eigenvalue weighted by atomic mass is 10.1. The van der Waals surface area contributed by atoms with E-state index in [1.165, 1.54) is 14.2 Å². The van der Waals surface area contributed by atoms with Crippen molar-refractivity contribution < 1.29 is 28.5 Å². The summed E-state index contributed by atoms with van der Waals surface area (Å²) in [6.45, 7) is 0.0182. The number of Topliss-reactive ketones (excluding diaryl/α,β-unsaturated/α-hetero) is 1. The molecule has 0 N–H and O–H groups in total. The van der Waals surface area contributed by atoms with Crippen LogP contribution in [0.4, 0.5) is 0 Å². The summed E-state index contributed by atoms with van der Waals surface area (Å²) in [6, 6.07) is 21.1. The van der Waals surface area contributed by atoms with Crippen molar-refractivity contribution in [1.29, 1.82) is 0 Å². The minimum atomic E-state index is -0.570. The molecule has 0 aliphatic carbocycles. The topological polar surface area (TPSA) is 71.1 Å². The van der Waals surface area contributed by atoms with Gasteiger partial charge in [0.15, 0.2) is 23.9 Å². The highest BCUT2D eigenvalue weighted by Gasteiger charge is 2.14. The molecule has 6 nitrogen and oxygen atoms in total. The fourth-order valence-corrected chi connectivity index (χ4v) is 2.73. The zero-order valence-electron chi connectivity index (χ0n) is 16.8. The van der Waals surface area contributed by atoms with Crippen molar-refractivity contribution >= 4 is 11.8 Å². The van der Waals surface area contributed by atoms with Crippen LogP contribution in [0.15, 0.2) is 72.8 Å². The number of esters is 1. The normalized spacial score (nSPS) is 10.2. The molecule has 0 amide bonds. The molecule has 0 unspecified atom stereocenters. The van der Waals surface area contributed by atoms with Gasteiger partial charge >= 0.3 is 5.97 Å². The third-order valence-electron chi connectivity index (χ3n) is 4.38. The van der Waals surface area contributed by atoms with E-state index in [0.717, 1.165) is 11.3 Å². The first-order chi connectivity index (χ1) is 14.6. The van der Waals surface area contributed by atoms with Crippen LogP contribution in [0.25, 0.3) is 0 Å². The molecule has 0 radical (unpaired) electrons. The minimum absolute atomic E-state index is 0.336. The molecule has 154 valence electrons. The number of carbonyl (C=O) groups is 2. The van der Waals surface area contributed by atoms with E-state index in [9.17, 15) is 9.59 Å². The summed E-state index contributed by atoms with van der Waals surface area (Å²) in [5.41, 5.74) is 1.64. The van der Waals surface area contributed by atoms with E-state index >= 15 is 0 Å². The predicted molar refractivity (Wildman–Crippen MR) is 111 cm³/mol. The molecule has 0 saturated heterocycles. The van der Waals surface area contributed by atoms with Gasteiger partial charge in [-0.15, -0.1) is 0 Å². The number of hydrogen-bond donors (Lipinski definition) is 0. The van der Waals surface area contributed by atoms with Crippen molar-refractivity contribution in [2.24, 2.45) is 0 Å². The number of para-hydroxylation sites is 1. The summed E-state index contributed by atoms with van der Waals surface area (Å²) in [6.07, 6.45) is 0. The average Bonchev–Trinajstić information content (AvgIpc) is 2.81. The molecule has 0 bridgehead atoms. The van der Waals surface area contributed by atoms with Crippen LogP contribution < -0.4 is 14.2 Å². The van der Waals surface area contributed by atoms with Crippen LogP contribution in [0.5, 0.6) is 17.2 Å². The van der Waals surface area contributed by atoms with E-state index in [0.29, 0.717) is 29.2 Å². The van der Waals surface area contributed by atoms with Crippen LogP contribution in [-0.2, 0) is 11.3 Å². The zero-order chi connectivity index (χ0) is 21.3. The molecule has 0 atom stereocenters. The average molecular weight is 406 g/mol. The Kier molecular flexibility index (Phi) is 7.05. The molecule has 0 fully saturated rings. The third kappa shape index (κ3) is 5.38. The van der Waals surface area contributed by atoms with E-state index in [1.807, 2.05) is 30.3 Å². The maximum absolute atomic E-state index is 12.3. The lowest BCUT2D eigenvalue weighted by molar-refractivity contribution is 0.0474. The molecule has 0 aliphatic heterocycles. The lowest BCUT2D eigenvalue weighted by Gasteiger charge is -2.10. The van der Waals surface area contributed by atoms with Gasteiger partial charge in [-0.25, -0.2) is 4.79 Å². The molecule has 3 aromatic carbocycles. The highest BCUT2D eigenvalue weighted by Crippen LogP contribution is 2.27. The van der Waals surface area contributed by atoms with Gasteiger partial charge in [0.05, 0.1) is 19.8 Å². The van der Waals surface area contributed by atoms with Gasteiger partial charge in [-0.3, -0.25) is 4.79 Å². The Labute approximate surface area is 175 Å². The van der Waals surface area contributed by atoms with Crippen LogP contribution in [0.2, 0.25) is 0 Å². The zero-order valence-corrected chi connectivity index (χ0v) is 16.8. The number of ketones is 1. The molecule has 0 saturated carbocycles. The van der Waals surface area contributed by atoms with E-state index in [-0.39, 0.29) is 12.4 Å². The SMILES string of the molecule is COc1ccc(C(=O)COC(=O)c2ccc(COc3ccccc3)cc2)cc1OC. The predicted octanol–water partition coefficient (Wildman–Crippen LogP) is 4.32. The van der Waals surface area contributed by atoms with Gasteiger partial charge in [0, 0.05) is 5.56 Å². The number of hydrogen-bond acceptors (Lipinski definition) is 6. The summed E-state index contributed by atoms with van der Waals surface area (Å²) in [4.78, 5) is 24.6. The van der Waals surface area contributed by atoms with Gasteiger partial charge in [0.25, 0.3) is 0 Å². The van der Waals surface area contributed by atoms with Crippen molar-refractivity contribution in [2.45, 2.75) is 6.61 Å². The molecule has 0 aliphatic rings. The Bertz CT molecular complexity index is 996. The van der Waals surface area contributed by atoms with Crippen molar-refractivity contribution in [2.75, 3.05) is 20.8 Å². The lowest BCUT2D eigenvalue weighted by Crippen LogP contribution is -2.14. The first kappa shape index (κ1) is 20.9. The Morgan fingerprint density at radius 3 is 2.10 bits per heavy atom. The molecular weight excluding hydrogens is 384 g/mol. The van der Waals surface area contributed by atoms with Crippen LogP contribution in [0.3, 0.4) is 0 Å². The van der Waals surface area contributed by atoms with Gasteiger partial charge < -0.3 is 18.9 Å². The highest BCUT2D eigenvalue weighted by atomic mass is 16.5. The molecule has 3 rings (SSSR count). The second-order valence-electron chi connectivity index (χ2n) is 6.37. The molecule has 0 spiro atoms. The van der Waals surface area contributed by atoms with Crippen molar-refractivity contribution in [1.82, 2.24) is 0 Å². The summed E-state index contributed by atoms with van der Waals surface area (Å²) >= 11 is 0. The standard InChI is InChI=1S/C24H22O6/c1-27-22-13-12-19(14-23(22)28-2)21(25)16-30-24(26)18-10-8-17(9-11-18)15-29-20-6-4-3-5-7-20/h3-14H,15-16H2,1-2H3. The van der Waals surface area contributed by atoms with E-state index < -0.39 is 5.97 Å². The highest BCUT2D eigenvalue weighted by molar-refractivity contribution is 5.99. The minimum Gasteiger partial charge on any atom is -0.493 e. The van der Waals surface area contributed by atoms with Crippen LogP contribution in [0, 0.1) is 0 Å². The number of ether oxygens (including phenoxy) is 4. The van der Waals surface area contributed by atoms with Gasteiger partial charge in [0.2, 0.25) is 0 Å². The second kappa shape index (κ2) is 10.1. The Hall–Kier alpha value is -3.80. The first-order valence-electron chi connectivity index (χ1n) is 9.30. The molecule has 3 aromatic rings. The maximum Gasteiger partial charge on any atom is 0.338 e. The van der Waals surface area contributed by atoms with Gasteiger partial charge in [-0.2, -0.15) is 0 Å². The van der Waals surface area contributed by atoms with Crippen LogP contribution in [-0.4, -0.2) is 32.6 Å². The van der Waals surface area contributed by atoms with Gasteiger partial charge in [0.1, 0.15) is 12.4 Å². The number of carbonyl (C=O) groups excluding carboxylic acids is 2. The Morgan fingerprint density at radius 1 is 0.767 bits per heavy atom. The summed E-state index contributed by atoms with van der Waals surface area (Å²) in [5.74, 6) is 0.816. The second-order valence-corrected chi connectivity index (χ2v) is 6.37. The molecular formula is C24H22O6. The fraction of sp³-hybridized carbons (Fsp3) is 0.167. The summed E-state index contributed by atoms with van der Waals surface area (Å²) in [7, 11) is 3.00. The van der Waals surface area contributed by atoms with Gasteiger partial charge in [-0.05, 0) is 48.0 Å². The summed E-state index contributed by atoms with van der Waals surface area (Å²) < 4.78 is 21.2. The fourth-order valence-electron chi connectivity index (χ4n) is 2.73. The van der Waals surface area contributed by atoms with Crippen molar-refractivity contribution in [3.8, 4) is 17.2 Å². The first-order valence-corrected chi connectivity index (χ1v) is 9.30. The maximum atomic E-state index is 12.3. The van der Waals surface area contributed by atoms with Crippen LogP contribution >= 0.6 is 0 Å². The smallest absolute Gasteiger partial charge is 0.338 e. The van der Waals surface area contributed by atoms with E-state index in [1.54, 1.807) is 42.5 Å². The summed E-state index contributed by atoms with van der Waals surface area (Å²) in [5, 5.41) is 0. The van der Waals surface area contributed by atoms with E-state index in [4.69, 9.17) is 18.9 Å². The quantitative estimate of drug-likeness (QED) is 0.389. The molecule has 6 heteroatoms. The Balaban J connectivity index is 1.53. The number of methoxy groups -OCH3 is 2. The van der Waals surface area contributed by atoms with Crippen molar-refractivity contribution in [3.05, 3.63) is 89.5 Å². The van der Waals surface area contributed by atoms with Crippen molar-refractivity contribution in [3.63, 3.8) is 0 Å².